The third kappa shape index (κ3) is 4.35. The normalized spacial score (nSPS) is 14.9. The number of hydrogen-bond acceptors (Lipinski definition) is 5. The Morgan fingerprint density at radius 3 is 2.67 bits per heavy atom. The molecule has 1 fully saturated rings. The van der Waals surface area contributed by atoms with Crippen molar-refractivity contribution in [3.63, 3.8) is 0 Å². The molecule has 128 valence electrons. The van der Waals surface area contributed by atoms with E-state index in [1.807, 2.05) is 30.7 Å². The van der Waals surface area contributed by atoms with Gasteiger partial charge in [0.05, 0.1) is 17.5 Å². The number of benzene rings is 1. The first-order valence-electron chi connectivity index (χ1n) is 8.34. The van der Waals surface area contributed by atoms with Crippen LogP contribution in [0.2, 0.25) is 0 Å². The SMILES string of the molecule is Cc1cc(C)cc(NC(=O)CSCc2nnnn2C2CCCC2)c1. The van der Waals surface area contributed by atoms with E-state index in [1.54, 1.807) is 11.8 Å². The Kier molecular flexibility index (Phi) is 5.50. The summed E-state index contributed by atoms with van der Waals surface area (Å²) in [4.78, 5) is 12.1. The Balaban J connectivity index is 1.49. The lowest BCUT2D eigenvalue weighted by atomic mass is 10.1. The summed E-state index contributed by atoms with van der Waals surface area (Å²) in [6.07, 6.45) is 4.79. The quantitative estimate of drug-likeness (QED) is 0.870. The maximum absolute atomic E-state index is 12.1. The molecule has 1 aliphatic rings. The second-order valence-corrected chi connectivity index (χ2v) is 7.38. The molecule has 0 atom stereocenters. The highest BCUT2D eigenvalue weighted by Gasteiger charge is 2.21. The van der Waals surface area contributed by atoms with Gasteiger partial charge in [0.15, 0.2) is 5.82 Å². The van der Waals surface area contributed by atoms with Crippen LogP contribution >= 0.6 is 11.8 Å². The number of amides is 1. The smallest absolute Gasteiger partial charge is 0.234 e. The van der Waals surface area contributed by atoms with Gasteiger partial charge < -0.3 is 5.32 Å². The molecule has 0 saturated heterocycles. The summed E-state index contributed by atoms with van der Waals surface area (Å²) in [5.74, 6) is 1.92. The van der Waals surface area contributed by atoms with Gasteiger partial charge in [-0.05, 0) is 60.4 Å². The molecule has 0 aliphatic heterocycles. The molecule has 3 rings (SSSR count). The molecule has 1 aromatic carbocycles. The second kappa shape index (κ2) is 7.79. The lowest BCUT2D eigenvalue weighted by Gasteiger charge is -2.11. The maximum atomic E-state index is 12.1. The summed E-state index contributed by atoms with van der Waals surface area (Å²) in [6, 6.07) is 6.49. The summed E-state index contributed by atoms with van der Waals surface area (Å²) in [5, 5.41) is 15.0. The van der Waals surface area contributed by atoms with Crippen LogP contribution in [-0.2, 0) is 10.5 Å². The van der Waals surface area contributed by atoms with Crippen molar-refractivity contribution in [2.45, 2.75) is 51.3 Å². The third-order valence-electron chi connectivity index (χ3n) is 4.20. The fraction of sp³-hybridized carbons (Fsp3) is 0.529. The zero-order valence-corrected chi connectivity index (χ0v) is 15.0. The van der Waals surface area contributed by atoms with E-state index in [0.717, 1.165) is 35.5 Å². The van der Waals surface area contributed by atoms with E-state index in [4.69, 9.17) is 0 Å². The number of rotatable bonds is 6. The molecule has 1 amide bonds. The van der Waals surface area contributed by atoms with E-state index >= 15 is 0 Å². The lowest BCUT2D eigenvalue weighted by Crippen LogP contribution is -2.15. The summed E-state index contributed by atoms with van der Waals surface area (Å²) in [5.41, 5.74) is 3.15. The van der Waals surface area contributed by atoms with Crippen molar-refractivity contribution in [2.75, 3.05) is 11.1 Å². The summed E-state index contributed by atoms with van der Waals surface area (Å²) < 4.78 is 1.95. The van der Waals surface area contributed by atoms with E-state index < -0.39 is 0 Å². The number of anilines is 1. The highest BCUT2D eigenvalue weighted by molar-refractivity contribution is 7.99. The van der Waals surface area contributed by atoms with Crippen LogP contribution < -0.4 is 5.32 Å². The molecule has 1 aromatic heterocycles. The molecular formula is C17H23N5OS. The average Bonchev–Trinajstić information content (AvgIpc) is 3.16. The van der Waals surface area contributed by atoms with Gasteiger partial charge in [-0.2, -0.15) is 0 Å². The number of hydrogen-bond donors (Lipinski definition) is 1. The van der Waals surface area contributed by atoms with Gasteiger partial charge in [-0.25, -0.2) is 4.68 Å². The molecule has 0 unspecified atom stereocenters. The number of carbonyl (C=O) groups is 1. The Hall–Kier alpha value is -1.89. The molecule has 1 saturated carbocycles. The molecule has 0 spiro atoms. The van der Waals surface area contributed by atoms with Crippen LogP contribution in [0.3, 0.4) is 0 Å². The first-order valence-corrected chi connectivity index (χ1v) is 9.50. The van der Waals surface area contributed by atoms with Crippen molar-refractivity contribution < 1.29 is 4.79 Å². The molecular weight excluding hydrogens is 322 g/mol. The lowest BCUT2D eigenvalue weighted by molar-refractivity contribution is -0.113. The van der Waals surface area contributed by atoms with Gasteiger partial charge in [0.1, 0.15) is 0 Å². The highest BCUT2D eigenvalue weighted by atomic mass is 32.2. The minimum absolute atomic E-state index is 0.00453. The molecule has 0 bridgehead atoms. The molecule has 2 aromatic rings. The first-order chi connectivity index (χ1) is 11.6. The predicted molar refractivity (Wildman–Crippen MR) is 96.0 cm³/mol. The van der Waals surface area contributed by atoms with Crippen LogP contribution in [0, 0.1) is 13.8 Å². The van der Waals surface area contributed by atoms with Gasteiger partial charge in [0, 0.05) is 5.69 Å². The number of thioether (sulfide) groups is 1. The number of carbonyl (C=O) groups excluding carboxylic acids is 1. The van der Waals surface area contributed by atoms with E-state index in [9.17, 15) is 4.79 Å². The number of aromatic nitrogens is 4. The summed E-state index contributed by atoms with van der Waals surface area (Å²) in [7, 11) is 0. The van der Waals surface area contributed by atoms with Crippen molar-refractivity contribution in [3.05, 3.63) is 35.2 Å². The predicted octanol–water partition coefficient (Wildman–Crippen LogP) is 3.28. The van der Waals surface area contributed by atoms with Crippen LogP contribution in [0.25, 0.3) is 0 Å². The zero-order valence-electron chi connectivity index (χ0n) is 14.2. The van der Waals surface area contributed by atoms with E-state index in [0.29, 0.717) is 17.5 Å². The number of aryl methyl sites for hydroxylation is 2. The highest BCUT2D eigenvalue weighted by Crippen LogP contribution is 2.29. The van der Waals surface area contributed by atoms with Crippen LogP contribution in [-0.4, -0.2) is 31.9 Å². The van der Waals surface area contributed by atoms with Crippen molar-refractivity contribution in [1.82, 2.24) is 20.2 Å². The summed E-state index contributed by atoms with van der Waals surface area (Å²) in [6.45, 7) is 4.06. The van der Waals surface area contributed by atoms with Crippen molar-refractivity contribution >= 4 is 23.4 Å². The van der Waals surface area contributed by atoms with Crippen LogP contribution in [0.5, 0.6) is 0 Å². The fourth-order valence-corrected chi connectivity index (χ4v) is 3.95. The third-order valence-corrected chi connectivity index (χ3v) is 5.13. The molecule has 1 aliphatic carbocycles. The molecule has 1 heterocycles. The Morgan fingerprint density at radius 1 is 1.25 bits per heavy atom. The van der Waals surface area contributed by atoms with Gasteiger partial charge in [-0.15, -0.1) is 16.9 Å². The van der Waals surface area contributed by atoms with E-state index in [1.165, 1.54) is 12.8 Å². The number of nitrogens with one attached hydrogen (secondary N) is 1. The Labute approximate surface area is 146 Å². The first kappa shape index (κ1) is 17.0. The zero-order chi connectivity index (χ0) is 16.9. The van der Waals surface area contributed by atoms with Crippen LogP contribution in [0.15, 0.2) is 18.2 Å². The fourth-order valence-electron chi connectivity index (χ4n) is 3.22. The van der Waals surface area contributed by atoms with Gasteiger partial charge in [0.25, 0.3) is 0 Å². The van der Waals surface area contributed by atoms with Gasteiger partial charge in [-0.3, -0.25) is 4.79 Å². The largest absolute Gasteiger partial charge is 0.325 e. The minimum Gasteiger partial charge on any atom is -0.325 e. The van der Waals surface area contributed by atoms with Crippen LogP contribution in [0.1, 0.15) is 48.7 Å². The van der Waals surface area contributed by atoms with E-state index in [2.05, 4.69) is 26.9 Å². The second-order valence-electron chi connectivity index (χ2n) is 6.40. The van der Waals surface area contributed by atoms with Gasteiger partial charge >= 0.3 is 0 Å². The number of nitrogens with zero attached hydrogens (tertiary/aromatic N) is 4. The Morgan fingerprint density at radius 2 is 1.96 bits per heavy atom. The average molecular weight is 345 g/mol. The molecule has 24 heavy (non-hydrogen) atoms. The topological polar surface area (TPSA) is 72.7 Å². The maximum Gasteiger partial charge on any atom is 0.234 e. The van der Waals surface area contributed by atoms with Crippen molar-refractivity contribution in [3.8, 4) is 0 Å². The van der Waals surface area contributed by atoms with Crippen molar-refractivity contribution in [2.24, 2.45) is 0 Å². The Bertz CT molecular complexity index is 689. The summed E-state index contributed by atoms with van der Waals surface area (Å²) >= 11 is 1.54. The monoisotopic (exact) mass is 345 g/mol. The molecule has 1 N–H and O–H groups in total. The van der Waals surface area contributed by atoms with Crippen molar-refractivity contribution in [1.29, 1.82) is 0 Å². The number of tetrazole rings is 1. The molecule has 6 nitrogen and oxygen atoms in total. The molecule has 7 heteroatoms. The standard InChI is InChI=1S/C17H23N5OS/c1-12-7-13(2)9-14(8-12)18-17(23)11-24-10-16-19-20-21-22(16)15-5-3-4-6-15/h7-9,15H,3-6,10-11H2,1-2H3,(H,18,23). The van der Waals surface area contributed by atoms with Gasteiger partial charge in [0.2, 0.25) is 5.91 Å². The van der Waals surface area contributed by atoms with Crippen LogP contribution in [0.4, 0.5) is 5.69 Å². The molecule has 0 radical (unpaired) electrons. The van der Waals surface area contributed by atoms with Gasteiger partial charge in [-0.1, -0.05) is 18.9 Å². The minimum atomic E-state index is 0.00453. The van der Waals surface area contributed by atoms with E-state index in [-0.39, 0.29) is 5.91 Å².